The molecule has 0 aliphatic carbocycles. The van der Waals surface area contributed by atoms with Gasteiger partial charge in [-0.15, -0.1) is 0 Å². The van der Waals surface area contributed by atoms with Crippen molar-refractivity contribution in [1.82, 2.24) is 0 Å². The molecule has 2 nitrogen and oxygen atoms in total. The van der Waals surface area contributed by atoms with Gasteiger partial charge in [-0.3, -0.25) is 4.79 Å². The maximum absolute atomic E-state index is 10.9. The van der Waals surface area contributed by atoms with Crippen molar-refractivity contribution in [2.45, 2.75) is 59.8 Å². The van der Waals surface area contributed by atoms with E-state index >= 15 is 0 Å². The summed E-state index contributed by atoms with van der Waals surface area (Å²) in [6.07, 6.45) is 7.75. The molecule has 1 N–H and O–H groups in total. The first-order valence-corrected chi connectivity index (χ1v) is 6.44. The van der Waals surface area contributed by atoms with E-state index in [0.29, 0.717) is 5.92 Å². The van der Waals surface area contributed by atoms with Gasteiger partial charge in [-0.1, -0.05) is 51.2 Å². The molecule has 0 saturated carbocycles. The molecule has 0 spiro atoms. The van der Waals surface area contributed by atoms with Gasteiger partial charge in [-0.2, -0.15) is 0 Å². The third kappa shape index (κ3) is 5.34. The SMILES string of the molecule is CC=C(CC(CC)CCCC)C(C)C(=O)O. The van der Waals surface area contributed by atoms with E-state index in [2.05, 4.69) is 13.8 Å². The van der Waals surface area contributed by atoms with Crippen LogP contribution in [0.1, 0.15) is 59.8 Å². The Kier molecular flexibility index (Phi) is 7.96. The summed E-state index contributed by atoms with van der Waals surface area (Å²) >= 11 is 0. The molecule has 2 unspecified atom stereocenters. The predicted molar refractivity (Wildman–Crippen MR) is 68.5 cm³/mol. The van der Waals surface area contributed by atoms with Crippen LogP contribution in [0.5, 0.6) is 0 Å². The topological polar surface area (TPSA) is 37.3 Å². The minimum absolute atomic E-state index is 0.333. The summed E-state index contributed by atoms with van der Waals surface area (Å²) in [5.74, 6) is -0.396. The van der Waals surface area contributed by atoms with Crippen molar-refractivity contribution in [3.8, 4) is 0 Å². The summed E-state index contributed by atoms with van der Waals surface area (Å²) in [6, 6.07) is 0. The van der Waals surface area contributed by atoms with Crippen molar-refractivity contribution < 1.29 is 9.90 Å². The number of aliphatic carboxylic acids is 1. The van der Waals surface area contributed by atoms with Crippen LogP contribution < -0.4 is 0 Å². The van der Waals surface area contributed by atoms with Crippen molar-refractivity contribution in [3.05, 3.63) is 11.6 Å². The van der Waals surface area contributed by atoms with Gasteiger partial charge in [0.25, 0.3) is 0 Å². The van der Waals surface area contributed by atoms with Crippen molar-refractivity contribution in [1.29, 1.82) is 0 Å². The Balaban J connectivity index is 4.34. The number of rotatable bonds is 8. The highest BCUT2D eigenvalue weighted by atomic mass is 16.4. The summed E-state index contributed by atoms with van der Waals surface area (Å²) in [5, 5.41) is 9.00. The van der Waals surface area contributed by atoms with Gasteiger partial charge in [0.2, 0.25) is 0 Å². The van der Waals surface area contributed by atoms with E-state index in [9.17, 15) is 4.79 Å². The molecule has 0 bridgehead atoms. The Morgan fingerprint density at radius 1 is 1.38 bits per heavy atom. The van der Waals surface area contributed by atoms with Crippen LogP contribution in [-0.2, 0) is 4.79 Å². The number of hydrogen-bond donors (Lipinski definition) is 1. The lowest BCUT2D eigenvalue weighted by atomic mass is 9.87. The zero-order valence-electron chi connectivity index (χ0n) is 11.1. The molecule has 0 aromatic heterocycles. The Bertz CT molecular complexity index is 231. The molecule has 0 rings (SSSR count). The fraction of sp³-hybridized carbons (Fsp3) is 0.786. The summed E-state index contributed by atoms with van der Waals surface area (Å²) < 4.78 is 0. The molecule has 0 heterocycles. The van der Waals surface area contributed by atoms with Crippen LogP contribution in [0.25, 0.3) is 0 Å². The van der Waals surface area contributed by atoms with E-state index in [0.717, 1.165) is 18.4 Å². The molecule has 2 heteroatoms. The van der Waals surface area contributed by atoms with Gasteiger partial charge < -0.3 is 5.11 Å². The highest BCUT2D eigenvalue weighted by Gasteiger charge is 2.18. The molecular formula is C14H26O2. The number of unbranched alkanes of at least 4 members (excludes halogenated alkanes) is 1. The second-order valence-corrected chi connectivity index (χ2v) is 4.54. The first-order valence-electron chi connectivity index (χ1n) is 6.44. The lowest BCUT2D eigenvalue weighted by Gasteiger charge is -2.19. The summed E-state index contributed by atoms with van der Waals surface area (Å²) in [6.45, 7) is 8.12. The highest BCUT2D eigenvalue weighted by molar-refractivity contribution is 5.73. The molecule has 0 fully saturated rings. The standard InChI is InChI=1S/C14H26O2/c1-5-8-9-12(6-2)10-13(7-3)11(4)14(15)16/h7,11-12H,5-6,8-10H2,1-4H3,(H,15,16). The lowest BCUT2D eigenvalue weighted by Crippen LogP contribution is -2.15. The maximum atomic E-state index is 10.9. The quantitative estimate of drug-likeness (QED) is 0.628. The molecule has 0 aromatic carbocycles. The van der Waals surface area contributed by atoms with Crippen LogP contribution in [0.15, 0.2) is 11.6 Å². The Hall–Kier alpha value is -0.790. The number of carboxylic acid groups (broad SMARTS) is 1. The fourth-order valence-electron chi connectivity index (χ4n) is 1.98. The number of allylic oxidation sites excluding steroid dienone is 1. The maximum Gasteiger partial charge on any atom is 0.310 e. The molecule has 16 heavy (non-hydrogen) atoms. The molecule has 0 aromatic rings. The molecule has 0 saturated heterocycles. The average molecular weight is 226 g/mol. The molecule has 0 aliphatic heterocycles. The molecule has 0 radical (unpaired) electrons. The van der Waals surface area contributed by atoms with Crippen molar-refractivity contribution in [2.75, 3.05) is 0 Å². The molecular weight excluding hydrogens is 200 g/mol. The van der Waals surface area contributed by atoms with E-state index in [1.165, 1.54) is 19.3 Å². The third-order valence-electron chi connectivity index (χ3n) is 3.37. The van der Waals surface area contributed by atoms with E-state index in [-0.39, 0.29) is 5.92 Å². The zero-order valence-corrected chi connectivity index (χ0v) is 11.1. The monoisotopic (exact) mass is 226 g/mol. The Morgan fingerprint density at radius 3 is 2.38 bits per heavy atom. The summed E-state index contributed by atoms with van der Waals surface area (Å²) in [4.78, 5) is 10.9. The van der Waals surface area contributed by atoms with Gasteiger partial charge in [-0.25, -0.2) is 0 Å². The van der Waals surface area contributed by atoms with E-state index in [4.69, 9.17) is 5.11 Å². The van der Waals surface area contributed by atoms with Gasteiger partial charge in [0.15, 0.2) is 0 Å². The lowest BCUT2D eigenvalue weighted by molar-refractivity contribution is -0.139. The third-order valence-corrected chi connectivity index (χ3v) is 3.37. The Labute approximate surface area is 99.7 Å². The van der Waals surface area contributed by atoms with Crippen molar-refractivity contribution in [3.63, 3.8) is 0 Å². The highest BCUT2D eigenvalue weighted by Crippen LogP contribution is 2.25. The molecule has 0 amide bonds. The first-order chi connectivity index (χ1) is 7.56. The van der Waals surface area contributed by atoms with E-state index in [1.54, 1.807) is 6.92 Å². The van der Waals surface area contributed by atoms with Gasteiger partial charge in [0.1, 0.15) is 0 Å². The van der Waals surface area contributed by atoms with Crippen LogP contribution in [0.4, 0.5) is 0 Å². The smallest absolute Gasteiger partial charge is 0.310 e. The van der Waals surface area contributed by atoms with Crippen LogP contribution in [0, 0.1) is 11.8 Å². The van der Waals surface area contributed by atoms with Crippen LogP contribution in [0.2, 0.25) is 0 Å². The van der Waals surface area contributed by atoms with Crippen LogP contribution >= 0.6 is 0 Å². The van der Waals surface area contributed by atoms with Crippen LogP contribution in [0.3, 0.4) is 0 Å². The minimum Gasteiger partial charge on any atom is -0.481 e. The van der Waals surface area contributed by atoms with Crippen molar-refractivity contribution >= 4 is 5.97 Å². The van der Waals surface area contributed by atoms with Crippen LogP contribution in [-0.4, -0.2) is 11.1 Å². The van der Waals surface area contributed by atoms with E-state index in [1.807, 2.05) is 13.0 Å². The molecule has 94 valence electrons. The minimum atomic E-state index is -0.710. The molecule has 0 aliphatic rings. The average Bonchev–Trinajstić information content (AvgIpc) is 2.28. The molecule has 2 atom stereocenters. The second kappa shape index (κ2) is 8.37. The van der Waals surface area contributed by atoms with Gasteiger partial charge >= 0.3 is 5.97 Å². The van der Waals surface area contributed by atoms with Gasteiger partial charge in [-0.05, 0) is 26.2 Å². The Morgan fingerprint density at radius 2 is 2.00 bits per heavy atom. The van der Waals surface area contributed by atoms with Gasteiger partial charge in [0.05, 0.1) is 5.92 Å². The normalized spacial score (nSPS) is 15.9. The second-order valence-electron chi connectivity index (χ2n) is 4.54. The summed E-state index contributed by atoms with van der Waals surface area (Å²) in [5.41, 5.74) is 1.08. The summed E-state index contributed by atoms with van der Waals surface area (Å²) in [7, 11) is 0. The number of carbonyl (C=O) groups is 1. The zero-order chi connectivity index (χ0) is 12.6. The first kappa shape index (κ1) is 15.2. The number of hydrogen-bond acceptors (Lipinski definition) is 1. The predicted octanol–water partition coefficient (Wildman–Crippen LogP) is 4.26. The largest absolute Gasteiger partial charge is 0.481 e. The van der Waals surface area contributed by atoms with Crippen molar-refractivity contribution in [2.24, 2.45) is 11.8 Å². The fourth-order valence-corrected chi connectivity index (χ4v) is 1.98. The van der Waals surface area contributed by atoms with Gasteiger partial charge in [0, 0.05) is 0 Å². The number of carboxylic acids is 1. The van der Waals surface area contributed by atoms with E-state index < -0.39 is 5.97 Å².